The second-order valence-electron chi connectivity index (χ2n) is 6.63. The van der Waals surface area contributed by atoms with Crippen LogP contribution in [0.1, 0.15) is 24.8 Å². The number of carbonyl (C=O) groups excluding carboxylic acids is 1. The summed E-state index contributed by atoms with van der Waals surface area (Å²) in [5.74, 6) is 0.243. The van der Waals surface area contributed by atoms with Gasteiger partial charge in [-0.25, -0.2) is 9.50 Å². The van der Waals surface area contributed by atoms with Crippen LogP contribution in [-0.4, -0.2) is 61.8 Å². The quantitative estimate of drug-likeness (QED) is 0.815. The highest BCUT2D eigenvalue weighted by atomic mass is 16.5. The maximum Gasteiger partial charge on any atom is 0.226 e. The van der Waals surface area contributed by atoms with Crippen LogP contribution >= 0.6 is 0 Å². The van der Waals surface area contributed by atoms with Crippen molar-refractivity contribution >= 4 is 11.6 Å². The standard InChI is InChI=1S/C16H19N5O2/c22-15-9-13-16(20(15)4-1-7-23-16)3-6-19(13)10-12-2-5-21-14(8-12)17-11-18-21/h2,5,8,11,13H,1,3-4,6-7,9-10H2/t13-,16+/m1/s1. The van der Waals surface area contributed by atoms with Gasteiger partial charge >= 0.3 is 0 Å². The summed E-state index contributed by atoms with van der Waals surface area (Å²) >= 11 is 0. The Morgan fingerprint density at radius 3 is 3.30 bits per heavy atom. The molecule has 23 heavy (non-hydrogen) atoms. The van der Waals surface area contributed by atoms with Gasteiger partial charge in [-0.15, -0.1) is 0 Å². The molecule has 3 fully saturated rings. The molecule has 120 valence electrons. The molecule has 0 saturated carbocycles. The first-order valence-corrected chi connectivity index (χ1v) is 8.23. The molecule has 2 aromatic rings. The predicted octanol–water partition coefficient (Wildman–Crippen LogP) is 0.652. The van der Waals surface area contributed by atoms with E-state index < -0.39 is 0 Å². The van der Waals surface area contributed by atoms with Crippen LogP contribution < -0.4 is 0 Å². The Kier molecular flexibility index (Phi) is 2.78. The summed E-state index contributed by atoms with van der Waals surface area (Å²) < 4.78 is 7.91. The number of nitrogens with zero attached hydrogens (tertiary/aromatic N) is 5. The number of amides is 1. The van der Waals surface area contributed by atoms with Gasteiger partial charge in [0, 0.05) is 38.7 Å². The highest BCUT2D eigenvalue weighted by molar-refractivity contribution is 5.81. The van der Waals surface area contributed by atoms with E-state index in [-0.39, 0.29) is 17.7 Å². The van der Waals surface area contributed by atoms with Gasteiger partial charge in [0.1, 0.15) is 6.33 Å². The van der Waals surface area contributed by atoms with E-state index in [1.807, 2.05) is 11.1 Å². The number of pyridine rings is 1. The summed E-state index contributed by atoms with van der Waals surface area (Å²) in [6, 6.07) is 4.31. The molecular formula is C16H19N5O2. The Morgan fingerprint density at radius 2 is 2.35 bits per heavy atom. The molecule has 0 radical (unpaired) electrons. The van der Waals surface area contributed by atoms with E-state index >= 15 is 0 Å². The Labute approximate surface area is 133 Å². The number of hydrogen-bond acceptors (Lipinski definition) is 5. The Hall–Kier alpha value is -1.99. The van der Waals surface area contributed by atoms with Gasteiger partial charge in [-0.3, -0.25) is 9.69 Å². The van der Waals surface area contributed by atoms with Crippen LogP contribution in [0.3, 0.4) is 0 Å². The van der Waals surface area contributed by atoms with Crippen LogP contribution in [0.4, 0.5) is 0 Å². The monoisotopic (exact) mass is 313 g/mol. The molecule has 3 aliphatic heterocycles. The van der Waals surface area contributed by atoms with Gasteiger partial charge in [0.05, 0.1) is 12.6 Å². The van der Waals surface area contributed by atoms with E-state index in [2.05, 4.69) is 27.1 Å². The minimum atomic E-state index is -0.367. The summed E-state index contributed by atoms with van der Waals surface area (Å²) in [6.07, 6.45) is 5.94. The van der Waals surface area contributed by atoms with Crippen molar-refractivity contribution in [2.75, 3.05) is 19.7 Å². The van der Waals surface area contributed by atoms with Crippen LogP contribution in [0.2, 0.25) is 0 Å². The molecule has 0 unspecified atom stereocenters. The van der Waals surface area contributed by atoms with E-state index in [0.29, 0.717) is 6.42 Å². The second kappa shape index (κ2) is 4.75. The van der Waals surface area contributed by atoms with Crippen molar-refractivity contribution in [1.29, 1.82) is 0 Å². The molecule has 3 saturated heterocycles. The average molecular weight is 313 g/mol. The lowest BCUT2D eigenvalue weighted by Gasteiger charge is -2.42. The fraction of sp³-hybridized carbons (Fsp3) is 0.562. The SMILES string of the molecule is O=C1C[C@H]2N(Cc3ccn4ncnc4c3)CC[C@]23OCCCN13. The third-order valence-electron chi connectivity index (χ3n) is 5.45. The van der Waals surface area contributed by atoms with Gasteiger partial charge in [0.15, 0.2) is 11.4 Å². The Balaban J connectivity index is 1.42. The molecule has 0 bridgehead atoms. The number of fused-ring (bicyclic) bond motifs is 1. The molecule has 7 nitrogen and oxygen atoms in total. The number of likely N-dealkylation sites (tertiary alicyclic amines) is 1. The topological polar surface area (TPSA) is 63.0 Å². The zero-order chi connectivity index (χ0) is 15.4. The van der Waals surface area contributed by atoms with Crippen LogP contribution in [-0.2, 0) is 16.1 Å². The van der Waals surface area contributed by atoms with Crippen molar-refractivity contribution in [2.24, 2.45) is 0 Å². The van der Waals surface area contributed by atoms with Gasteiger partial charge in [-0.1, -0.05) is 0 Å². The van der Waals surface area contributed by atoms with Gasteiger partial charge in [0.2, 0.25) is 5.91 Å². The summed E-state index contributed by atoms with van der Waals surface area (Å²) in [4.78, 5) is 21.0. The van der Waals surface area contributed by atoms with Crippen molar-refractivity contribution in [2.45, 2.75) is 37.6 Å². The second-order valence-corrected chi connectivity index (χ2v) is 6.63. The van der Waals surface area contributed by atoms with Crippen molar-refractivity contribution in [3.63, 3.8) is 0 Å². The minimum absolute atomic E-state index is 0.171. The molecule has 5 heterocycles. The fourth-order valence-electron chi connectivity index (χ4n) is 4.41. The van der Waals surface area contributed by atoms with Crippen LogP contribution in [0.5, 0.6) is 0 Å². The van der Waals surface area contributed by atoms with E-state index in [4.69, 9.17) is 4.74 Å². The molecule has 0 aromatic carbocycles. The highest BCUT2D eigenvalue weighted by Crippen LogP contribution is 2.45. The van der Waals surface area contributed by atoms with E-state index in [9.17, 15) is 4.79 Å². The molecule has 2 atom stereocenters. The molecule has 0 aliphatic carbocycles. The average Bonchev–Trinajstić information content (AvgIpc) is 3.22. The van der Waals surface area contributed by atoms with Crippen molar-refractivity contribution in [3.05, 3.63) is 30.2 Å². The largest absolute Gasteiger partial charge is 0.354 e. The molecular weight excluding hydrogens is 294 g/mol. The van der Waals surface area contributed by atoms with E-state index in [0.717, 1.165) is 44.7 Å². The highest BCUT2D eigenvalue weighted by Gasteiger charge is 2.60. The third-order valence-corrected chi connectivity index (χ3v) is 5.45. The van der Waals surface area contributed by atoms with Crippen molar-refractivity contribution in [1.82, 2.24) is 24.4 Å². The molecule has 7 heteroatoms. The number of carbonyl (C=O) groups is 1. The lowest BCUT2D eigenvalue weighted by atomic mass is 10.0. The molecule has 2 aromatic heterocycles. The normalized spacial score (nSPS) is 30.9. The molecule has 0 N–H and O–H groups in total. The van der Waals surface area contributed by atoms with Gasteiger partial charge < -0.3 is 9.64 Å². The zero-order valence-electron chi connectivity index (χ0n) is 12.9. The molecule has 1 spiro atoms. The van der Waals surface area contributed by atoms with Crippen LogP contribution in [0.25, 0.3) is 5.65 Å². The minimum Gasteiger partial charge on any atom is -0.354 e. The van der Waals surface area contributed by atoms with E-state index in [1.54, 1.807) is 10.8 Å². The zero-order valence-corrected chi connectivity index (χ0v) is 12.9. The molecule has 5 rings (SSSR count). The first-order chi connectivity index (χ1) is 11.3. The first-order valence-electron chi connectivity index (χ1n) is 8.23. The lowest BCUT2D eigenvalue weighted by molar-refractivity contribution is -0.180. The van der Waals surface area contributed by atoms with Crippen LogP contribution in [0.15, 0.2) is 24.7 Å². The smallest absolute Gasteiger partial charge is 0.226 e. The third kappa shape index (κ3) is 1.86. The summed E-state index contributed by atoms with van der Waals surface area (Å²) in [5.41, 5.74) is 1.69. The van der Waals surface area contributed by atoms with Crippen molar-refractivity contribution in [3.8, 4) is 0 Å². The number of ether oxygens (including phenoxy) is 1. The summed E-state index contributed by atoms with van der Waals surface area (Å²) in [7, 11) is 0. The predicted molar refractivity (Wildman–Crippen MR) is 81.4 cm³/mol. The fourth-order valence-corrected chi connectivity index (χ4v) is 4.41. The van der Waals surface area contributed by atoms with Gasteiger partial charge in [-0.05, 0) is 24.1 Å². The van der Waals surface area contributed by atoms with Gasteiger partial charge in [0.25, 0.3) is 0 Å². The first kappa shape index (κ1) is 13.4. The Bertz CT molecular complexity index is 775. The number of hydrogen-bond donors (Lipinski definition) is 0. The number of rotatable bonds is 2. The number of aromatic nitrogens is 3. The van der Waals surface area contributed by atoms with Crippen LogP contribution in [0, 0.1) is 0 Å². The molecule has 1 amide bonds. The lowest BCUT2D eigenvalue weighted by Crippen LogP contribution is -2.56. The van der Waals surface area contributed by atoms with E-state index in [1.165, 1.54) is 5.56 Å². The molecule has 3 aliphatic rings. The summed E-state index contributed by atoms with van der Waals surface area (Å²) in [5, 5.41) is 4.13. The Morgan fingerprint density at radius 1 is 1.39 bits per heavy atom. The maximum atomic E-state index is 12.4. The van der Waals surface area contributed by atoms with Crippen molar-refractivity contribution < 1.29 is 9.53 Å². The maximum absolute atomic E-state index is 12.4. The van der Waals surface area contributed by atoms with Gasteiger partial charge in [-0.2, -0.15) is 5.10 Å². The summed E-state index contributed by atoms with van der Waals surface area (Å²) in [6.45, 7) is 3.39.